The van der Waals surface area contributed by atoms with Crippen LogP contribution in [0.3, 0.4) is 0 Å². The van der Waals surface area contributed by atoms with Crippen molar-refractivity contribution in [1.29, 1.82) is 0 Å². The van der Waals surface area contributed by atoms with Gasteiger partial charge in [-0.25, -0.2) is 0 Å². The van der Waals surface area contributed by atoms with Gasteiger partial charge in [0.05, 0.1) is 11.3 Å². The van der Waals surface area contributed by atoms with Crippen molar-refractivity contribution < 1.29 is 9.53 Å². The molecule has 1 N–H and O–H groups in total. The summed E-state index contributed by atoms with van der Waals surface area (Å²) in [6.45, 7) is 0. The molecule has 0 fully saturated rings. The molecule has 1 aliphatic rings. The summed E-state index contributed by atoms with van der Waals surface area (Å²) in [6.07, 6.45) is 0. The number of para-hydroxylation sites is 1. The van der Waals surface area contributed by atoms with Gasteiger partial charge in [-0.1, -0.05) is 41.7 Å². The Bertz CT molecular complexity index is 417. The topological polar surface area (TPSA) is 50.7 Å². The van der Waals surface area contributed by atoms with E-state index in [0.717, 1.165) is 0 Å². The Balaban J connectivity index is 1.78. The van der Waals surface area contributed by atoms with Crippen LogP contribution in [0.15, 0.2) is 35.4 Å². The van der Waals surface area contributed by atoms with Crippen molar-refractivity contribution in [3.63, 3.8) is 0 Å². The van der Waals surface area contributed by atoms with E-state index in [1.807, 2.05) is 18.2 Å². The second-order valence-corrected chi connectivity index (χ2v) is 6.90. The van der Waals surface area contributed by atoms with E-state index < -0.39 is 3.54 Å². The molecule has 0 spiro atoms. The first-order chi connectivity index (χ1) is 8.18. The molecule has 4 nitrogen and oxygen atoms in total. The fourth-order valence-electron chi connectivity index (χ4n) is 1.10. The lowest BCUT2D eigenvalue weighted by atomic mass is 10.3. The van der Waals surface area contributed by atoms with Gasteiger partial charge >= 0.3 is 5.97 Å². The van der Waals surface area contributed by atoms with Gasteiger partial charge in [-0.05, 0) is 12.1 Å². The van der Waals surface area contributed by atoms with Crippen LogP contribution in [0.4, 0.5) is 0 Å². The number of ether oxygens (including phenoxy) is 1. The third kappa shape index (κ3) is 3.86. The third-order valence-corrected chi connectivity index (χ3v) is 4.76. The van der Waals surface area contributed by atoms with Crippen LogP contribution < -0.4 is 10.2 Å². The molecule has 1 aromatic carbocycles. The smallest absolute Gasteiger partial charge is 0.321 e. The molecule has 0 bridgehead atoms. The second kappa shape index (κ2) is 5.70. The molecular weight excluding hydrogens is 276 g/mol. The van der Waals surface area contributed by atoms with Crippen molar-refractivity contribution in [2.45, 2.75) is 3.54 Å². The van der Waals surface area contributed by atoms with Crippen molar-refractivity contribution in [3.05, 3.63) is 30.3 Å². The summed E-state index contributed by atoms with van der Waals surface area (Å²) in [4.78, 5) is 11.6. The van der Waals surface area contributed by atoms with Gasteiger partial charge in [0.25, 0.3) is 0 Å². The lowest BCUT2D eigenvalue weighted by Crippen LogP contribution is -2.27. The van der Waals surface area contributed by atoms with E-state index in [4.69, 9.17) is 4.74 Å². The van der Waals surface area contributed by atoms with Crippen LogP contribution in [0, 0.1) is 0 Å². The molecule has 0 radical (unpaired) electrons. The lowest BCUT2D eigenvalue weighted by molar-refractivity contribution is -0.131. The maximum atomic E-state index is 11.6. The number of carbonyl (C=O) groups excluding carboxylic acids is 1. The van der Waals surface area contributed by atoms with Crippen LogP contribution >= 0.6 is 36.2 Å². The summed E-state index contributed by atoms with van der Waals surface area (Å²) < 4.78 is 4.57. The predicted molar refractivity (Wildman–Crippen MR) is 75.5 cm³/mol. The maximum Gasteiger partial charge on any atom is 0.321 e. The van der Waals surface area contributed by atoms with E-state index in [-0.39, 0.29) is 11.7 Å². The van der Waals surface area contributed by atoms with Gasteiger partial charge in [0, 0.05) is 0 Å². The molecule has 1 unspecified atom stereocenters. The Morgan fingerprint density at radius 3 is 2.94 bits per heavy atom. The molecule has 1 aromatic rings. The van der Waals surface area contributed by atoms with Gasteiger partial charge in [-0.3, -0.25) is 10.2 Å². The number of benzene rings is 1. The van der Waals surface area contributed by atoms with Gasteiger partial charge in [0.2, 0.25) is 0 Å². The lowest BCUT2D eigenvalue weighted by Gasteiger charge is -2.19. The molecular formula is C10H10N2O2S3. The number of rotatable bonds is 4. The number of nitrogens with zero attached hydrogens (tertiary/aromatic N) is 1. The highest BCUT2D eigenvalue weighted by Gasteiger charge is 2.30. The van der Waals surface area contributed by atoms with Crippen molar-refractivity contribution in [2.75, 3.05) is 5.75 Å². The largest absolute Gasteiger partial charge is 0.426 e. The van der Waals surface area contributed by atoms with E-state index in [0.29, 0.717) is 5.75 Å². The minimum atomic E-state index is -0.574. The third-order valence-electron chi connectivity index (χ3n) is 1.83. The highest BCUT2D eigenvalue weighted by Crippen LogP contribution is 2.39. The monoisotopic (exact) mass is 286 g/mol. The van der Waals surface area contributed by atoms with Crippen LogP contribution in [0.25, 0.3) is 0 Å². The van der Waals surface area contributed by atoms with E-state index in [1.54, 1.807) is 17.7 Å². The number of carbonyl (C=O) groups is 1. The first-order valence-corrected chi connectivity index (χ1v) is 7.08. The molecule has 90 valence electrons. The summed E-state index contributed by atoms with van der Waals surface area (Å²) in [7, 11) is 0. The molecule has 0 aliphatic carbocycles. The highest BCUT2D eigenvalue weighted by molar-refractivity contribution is 8.34. The number of esters is 1. The zero-order chi connectivity index (χ0) is 12.1. The molecule has 1 aliphatic heterocycles. The number of nitrogens with one attached hydrogen (secondary N) is 1. The Hall–Kier alpha value is -0.790. The van der Waals surface area contributed by atoms with Crippen molar-refractivity contribution >= 4 is 47.7 Å². The summed E-state index contributed by atoms with van der Waals surface area (Å²) in [5.74, 6) is 0.459. The van der Waals surface area contributed by atoms with Gasteiger partial charge in [0.1, 0.15) is 5.75 Å². The average Bonchev–Trinajstić information content (AvgIpc) is 2.76. The Morgan fingerprint density at radius 1 is 1.53 bits per heavy atom. The number of hydrazone groups is 1. The number of thiol groups is 1. The van der Waals surface area contributed by atoms with Crippen molar-refractivity contribution in [1.82, 2.24) is 5.43 Å². The SMILES string of the molecule is O=C(CSC1(S)NN=CS1)Oc1ccccc1. The molecule has 7 heteroatoms. The molecule has 17 heavy (non-hydrogen) atoms. The molecule has 0 saturated heterocycles. The summed E-state index contributed by atoms with van der Waals surface area (Å²) >= 11 is 7.10. The van der Waals surface area contributed by atoms with E-state index in [1.165, 1.54) is 23.5 Å². The molecule has 0 saturated carbocycles. The Morgan fingerprint density at radius 2 is 2.29 bits per heavy atom. The fraction of sp³-hybridized carbons (Fsp3) is 0.200. The molecule has 0 aromatic heterocycles. The van der Waals surface area contributed by atoms with Gasteiger partial charge in [-0.2, -0.15) is 5.10 Å². The fourth-order valence-corrected chi connectivity index (χ4v) is 2.92. The average molecular weight is 286 g/mol. The van der Waals surface area contributed by atoms with E-state index in [9.17, 15) is 4.79 Å². The Labute approximate surface area is 113 Å². The summed E-state index contributed by atoms with van der Waals surface area (Å²) in [5, 5.41) is 3.84. The quantitative estimate of drug-likeness (QED) is 0.384. The number of thioether (sulfide) groups is 2. The first-order valence-electron chi connectivity index (χ1n) is 4.76. The standard InChI is InChI=1S/C10H10N2O2S3/c13-9(14-8-4-2-1-3-5-8)6-16-10(15)12-11-7-17-10/h1-5,7,12,15H,6H2. The van der Waals surface area contributed by atoms with Crippen molar-refractivity contribution in [2.24, 2.45) is 5.10 Å². The molecule has 0 amide bonds. The maximum absolute atomic E-state index is 11.6. The summed E-state index contributed by atoms with van der Waals surface area (Å²) in [5.41, 5.74) is 4.46. The Kier molecular flexibility index (Phi) is 4.25. The zero-order valence-corrected chi connectivity index (χ0v) is 11.2. The molecule has 1 heterocycles. The van der Waals surface area contributed by atoms with E-state index in [2.05, 4.69) is 23.2 Å². The predicted octanol–water partition coefficient (Wildman–Crippen LogP) is 2.15. The zero-order valence-electron chi connectivity index (χ0n) is 8.70. The number of hydrogen-bond acceptors (Lipinski definition) is 7. The normalized spacial score (nSPS) is 22.2. The van der Waals surface area contributed by atoms with Gasteiger partial charge < -0.3 is 4.74 Å². The molecule has 2 rings (SSSR count). The molecule has 1 atom stereocenters. The van der Waals surface area contributed by atoms with Crippen molar-refractivity contribution in [3.8, 4) is 5.75 Å². The van der Waals surface area contributed by atoms with Crippen LogP contribution in [-0.2, 0) is 4.79 Å². The summed E-state index contributed by atoms with van der Waals surface area (Å²) in [6, 6.07) is 8.98. The van der Waals surface area contributed by atoms with E-state index >= 15 is 0 Å². The second-order valence-electron chi connectivity index (χ2n) is 3.12. The van der Waals surface area contributed by atoms with Gasteiger partial charge in [-0.15, -0.1) is 12.6 Å². The van der Waals surface area contributed by atoms with Gasteiger partial charge in [0.15, 0.2) is 3.54 Å². The number of hydrogen-bond donors (Lipinski definition) is 2. The highest BCUT2D eigenvalue weighted by atomic mass is 32.3. The first kappa shape index (κ1) is 12.7. The minimum absolute atomic E-state index is 0.210. The van der Waals surface area contributed by atoms with Crippen LogP contribution in [0.1, 0.15) is 0 Å². The van der Waals surface area contributed by atoms with Crippen LogP contribution in [0.5, 0.6) is 5.75 Å². The minimum Gasteiger partial charge on any atom is -0.426 e. The van der Waals surface area contributed by atoms with Crippen LogP contribution in [0.2, 0.25) is 0 Å². The van der Waals surface area contributed by atoms with Crippen LogP contribution in [-0.4, -0.2) is 20.8 Å².